The molecular formula is C16H21N3O4. The number of carbonyl (C=O) groups excluding carboxylic acids is 2. The minimum absolute atomic E-state index is 0.110. The van der Waals surface area contributed by atoms with Crippen molar-refractivity contribution < 1.29 is 19.1 Å². The van der Waals surface area contributed by atoms with Gasteiger partial charge in [0.05, 0.1) is 0 Å². The molecule has 2 aliphatic heterocycles. The van der Waals surface area contributed by atoms with E-state index < -0.39 is 0 Å². The van der Waals surface area contributed by atoms with E-state index in [2.05, 4.69) is 10.6 Å². The molecule has 1 fully saturated rings. The van der Waals surface area contributed by atoms with Gasteiger partial charge in [0, 0.05) is 32.6 Å². The molecule has 23 heavy (non-hydrogen) atoms. The summed E-state index contributed by atoms with van der Waals surface area (Å²) in [4.78, 5) is 25.4. The van der Waals surface area contributed by atoms with Crippen molar-refractivity contribution in [2.45, 2.75) is 25.8 Å². The van der Waals surface area contributed by atoms with Gasteiger partial charge in [-0.15, -0.1) is 0 Å². The molecule has 0 spiro atoms. The minimum Gasteiger partial charge on any atom is -0.454 e. The van der Waals surface area contributed by atoms with Crippen LogP contribution in [-0.4, -0.2) is 43.3 Å². The molecule has 1 aromatic carbocycles. The zero-order chi connectivity index (χ0) is 16.1. The topological polar surface area (TPSA) is 79.9 Å². The maximum absolute atomic E-state index is 11.8. The number of carbonyl (C=O) groups is 2. The summed E-state index contributed by atoms with van der Waals surface area (Å²) >= 11 is 0. The zero-order valence-electron chi connectivity index (χ0n) is 13.0. The number of fused-ring (bicyclic) bond motifs is 1. The summed E-state index contributed by atoms with van der Waals surface area (Å²) in [5.41, 5.74) is 0.928. The largest absolute Gasteiger partial charge is 0.454 e. The standard InChI is InChI=1S/C16H21N3O4/c20-15(19-7-1-2-8-19)5-6-17-16(21)18-10-12-3-4-13-14(9-12)23-11-22-13/h3-4,9H,1-2,5-8,10-11H2,(H2,17,18,21). The highest BCUT2D eigenvalue weighted by Crippen LogP contribution is 2.32. The monoisotopic (exact) mass is 319 g/mol. The Hall–Kier alpha value is -2.44. The Bertz CT molecular complexity index is 585. The van der Waals surface area contributed by atoms with Crippen LogP contribution >= 0.6 is 0 Å². The fourth-order valence-electron chi connectivity index (χ4n) is 2.70. The average molecular weight is 319 g/mol. The first-order chi connectivity index (χ1) is 11.2. The van der Waals surface area contributed by atoms with E-state index in [1.54, 1.807) is 0 Å². The zero-order valence-corrected chi connectivity index (χ0v) is 13.0. The molecule has 0 aliphatic carbocycles. The van der Waals surface area contributed by atoms with Crippen LogP contribution in [-0.2, 0) is 11.3 Å². The minimum atomic E-state index is -0.281. The summed E-state index contributed by atoms with van der Waals surface area (Å²) in [5.74, 6) is 1.53. The average Bonchev–Trinajstić information content (AvgIpc) is 3.23. The molecule has 7 nitrogen and oxygen atoms in total. The molecular weight excluding hydrogens is 298 g/mol. The van der Waals surface area contributed by atoms with E-state index in [0.717, 1.165) is 37.2 Å². The molecule has 0 atom stereocenters. The highest BCUT2D eigenvalue weighted by Gasteiger charge is 2.17. The van der Waals surface area contributed by atoms with Gasteiger partial charge < -0.3 is 25.0 Å². The Morgan fingerprint density at radius 1 is 1.09 bits per heavy atom. The number of ether oxygens (including phenoxy) is 2. The molecule has 2 N–H and O–H groups in total. The Balaban J connectivity index is 1.35. The second-order valence-electron chi connectivity index (χ2n) is 5.63. The van der Waals surface area contributed by atoms with Crippen molar-refractivity contribution in [1.82, 2.24) is 15.5 Å². The summed E-state index contributed by atoms with van der Waals surface area (Å²) in [6.07, 6.45) is 2.50. The number of hydrogen-bond donors (Lipinski definition) is 2. The van der Waals surface area contributed by atoms with E-state index in [1.807, 2.05) is 23.1 Å². The quantitative estimate of drug-likeness (QED) is 0.855. The van der Waals surface area contributed by atoms with Crippen molar-refractivity contribution in [2.24, 2.45) is 0 Å². The normalized spacial score (nSPS) is 15.6. The fraction of sp³-hybridized carbons (Fsp3) is 0.500. The number of rotatable bonds is 5. The van der Waals surface area contributed by atoms with Crippen LogP contribution in [0.4, 0.5) is 4.79 Å². The molecule has 0 aromatic heterocycles. The first kappa shape index (κ1) is 15.5. The van der Waals surface area contributed by atoms with Crippen molar-refractivity contribution in [2.75, 3.05) is 26.4 Å². The third-order valence-electron chi connectivity index (χ3n) is 3.97. The molecule has 0 radical (unpaired) electrons. The second kappa shape index (κ2) is 7.21. The van der Waals surface area contributed by atoms with E-state index in [9.17, 15) is 9.59 Å². The molecule has 2 heterocycles. The van der Waals surface area contributed by atoms with Gasteiger partial charge in [0.25, 0.3) is 0 Å². The van der Waals surface area contributed by atoms with Gasteiger partial charge in [-0.1, -0.05) is 6.07 Å². The van der Waals surface area contributed by atoms with E-state index in [-0.39, 0.29) is 18.7 Å². The van der Waals surface area contributed by atoms with Crippen LogP contribution in [0.15, 0.2) is 18.2 Å². The third kappa shape index (κ3) is 4.06. The van der Waals surface area contributed by atoms with Gasteiger partial charge in [-0.3, -0.25) is 4.79 Å². The first-order valence-corrected chi connectivity index (χ1v) is 7.90. The molecule has 1 saturated heterocycles. The molecule has 124 valence electrons. The lowest BCUT2D eigenvalue weighted by Gasteiger charge is -2.15. The smallest absolute Gasteiger partial charge is 0.315 e. The summed E-state index contributed by atoms with van der Waals surface area (Å²) in [7, 11) is 0. The van der Waals surface area contributed by atoms with Crippen LogP contribution in [0, 0.1) is 0 Å². The van der Waals surface area contributed by atoms with Crippen LogP contribution in [0.25, 0.3) is 0 Å². The van der Waals surface area contributed by atoms with Gasteiger partial charge >= 0.3 is 6.03 Å². The second-order valence-corrected chi connectivity index (χ2v) is 5.63. The highest BCUT2D eigenvalue weighted by atomic mass is 16.7. The number of benzene rings is 1. The fourth-order valence-corrected chi connectivity index (χ4v) is 2.70. The highest BCUT2D eigenvalue weighted by molar-refractivity contribution is 5.78. The molecule has 7 heteroatoms. The van der Waals surface area contributed by atoms with Crippen LogP contribution in [0.1, 0.15) is 24.8 Å². The molecule has 3 amide bonds. The lowest BCUT2D eigenvalue weighted by molar-refractivity contribution is -0.129. The maximum Gasteiger partial charge on any atom is 0.315 e. The van der Waals surface area contributed by atoms with E-state index in [0.29, 0.717) is 25.3 Å². The molecule has 3 rings (SSSR count). The number of urea groups is 1. The van der Waals surface area contributed by atoms with Gasteiger partial charge in [0.1, 0.15) is 0 Å². The molecule has 2 aliphatic rings. The van der Waals surface area contributed by atoms with E-state index in [4.69, 9.17) is 9.47 Å². The van der Waals surface area contributed by atoms with Crippen molar-refractivity contribution >= 4 is 11.9 Å². The number of likely N-dealkylation sites (tertiary alicyclic amines) is 1. The first-order valence-electron chi connectivity index (χ1n) is 7.90. The predicted octanol–water partition coefficient (Wildman–Crippen LogP) is 1.23. The van der Waals surface area contributed by atoms with Crippen molar-refractivity contribution in [3.63, 3.8) is 0 Å². The van der Waals surface area contributed by atoms with Crippen molar-refractivity contribution in [3.05, 3.63) is 23.8 Å². The Labute approximate surface area is 134 Å². The van der Waals surface area contributed by atoms with Gasteiger partial charge in [-0.05, 0) is 30.5 Å². The maximum atomic E-state index is 11.8. The summed E-state index contributed by atoms with van der Waals surface area (Å²) in [6.45, 7) is 2.66. The SMILES string of the molecule is O=C(NCCC(=O)N1CCCC1)NCc1ccc2c(c1)OCO2. The molecule has 0 saturated carbocycles. The third-order valence-corrected chi connectivity index (χ3v) is 3.97. The van der Waals surface area contributed by atoms with E-state index >= 15 is 0 Å². The number of hydrogen-bond acceptors (Lipinski definition) is 4. The van der Waals surface area contributed by atoms with Crippen LogP contribution in [0.5, 0.6) is 11.5 Å². The summed E-state index contributed by atoms with van der Waals surface area (Å²) < 4.78 is 10.5. The predicted molar refractivity (Wildman–Crippen MR) is 83.2 cm³/mol. The van der Waals surface area contributed by atoms with Crippen molar-refractivity contribution in [3.8, 4) is 11.5 Å². The van der Waals surface area contributed by atoms with Gasteiger partial charge in [0.2, 0.25) is 12.7 Å². The van der Waals surface area contributed by atoms with Crippen LogP contribution in [0.3, 0.4) is 0 Å². The van der Waals surface area contributed by atoms with Gasteiger partial charge in [-0.25, -0.2) is 4.79 Å². The Morgan fingerprint density at radius 2 is 1.87 bits per heavy atom. The van der Waals surface area contributed by atoms with E-state index in [1.165, 1.54) is 0 Å². The number of amides is 3. The lowest BCUT2D eigenvalue weighted by atomic mass is 10.2. The van der Waals surface area contributed by atoms with Crippen LogP contribution in [0.2, 0.25) is 0 Å². The van der Waals surface area contributed by atoms with Crippen molar-refractivity contribution in [1.29, 1.82) is 0 Å². The number of nitrogens with zero attached hydrogens (tertiary/aromatic N) is 1. The van der Waals surface area contributed by atoms with Crippen LogP contribution < -0.4 is 20.1 Å². The Kier molecular flexibility index (Phi) is 4.85. The summed E-state index contributed by atoms with van der Waals surface area (Å²) in [6, 6.07) is 5.27. The lowest BCUT2D eigenvalue weighted by Crippen LogP contribution is -2.38. The Morgan fingerprint density at radius 3 is 2.70 bits per heavy atom. The molecule has 1 aromatic rings. The number of nitrogens with one attached hydrogen (secondary N) is 2. The van der Waals surface area contributed by atoms with Gasteiger partial charge in [0.15, 0.2) is 11.5 Å². The molecule has 0 unspecified atom stereocenters. The molecule has 0 bridgehead atoms. The van der Waals surface area contributed by atoms with Gasteiger partial charge in [-0.2, -0.15) is 0 Å². The summed E-state index contributed by atoms with van der Waals surface area (Å²) in [5, 5.41) is 5.47.